The summed E-state index contributed by atoms with van der Waals surface area (Å²) in [5.74, 6) is 0.164. The normalized spacial score (nSPS) is 14.4. The molecule has 56 heavy (non-hydrogen) atoms. The van der Waals surface area contributed by atoms with Gasteiger partial charge in [-0.05, 0) is 86.8 Å². The van der Waals surface area contributed by atoms with E-state index in [1.165, 1.54) is 37.8 Å². The van der Waals surface area contributed by atoms with E-state index in [1.807, 2.05) is 28.9 Å². The molecule has 1 N–H and O–H groups in total. The number of para-hydroxylation sites is 3. The summed E-state index contributed by atoms with van der Waals surface area (Å²) >= 11 is 0. The van der Waals surface area contributed by atoms with E-state index >= 15 is 0 Å². The van der Waals surface area contributed by atoms with Gasteiger partial charge in [0.25, 0.3) is 0 Å². The van der Waals surface area contributed by atoms with E-state index in [2.05, 4.69) is 181 Å². The number of nitrogens with one attached hydrogen (secondary N) is 1. The van der Waals surface area contributed by atoms with Gasteiger partial charge in [-0.1, -0.05) is 152 Å². The Hall–Kier alpha value is -7.56. The van der Waals surface area contributed by atoms with Crippen molar-refractivity contribution in [2.45, 2.75) is 0 Å². The van der Waals surface area contributed by atoms with Crippen LogP contribution in [0.15, 0.2) is 205 Å². The fourth-order valence-electron chi connectivity index (χ4n) is 8.71. The van der Waals surface area contributed by atoms with Crippen LogP contribution in [0.1, 0.15) is 5.56 Å². The second-order valence-electron chi connectivity index (χ2n) is 14.3. The third-order valence-electron chi connectivity index (χ3n) is 11.2. The first-order valence-corrected chi connectivity index (χ1v) is 19.0. The Kier molecular flexibility index (Phi) is 7.29. The highest BCUT2D eigenvalue weighted by Gasteiger charge is 2.20. The molecular formula is C52H34N4. The van der Waals surface area contributed by atoms with Crippen LogP contribution in [0.5, 0.6) is 0 Å². The van der Waals surface area contributed by atoms with E-state index in [0.29, 0.717) is 0 Å². The van der Waals surface area contributed by atoms with E-state index in [9.17, 15) is 5.41 Å². The zero-order valence-electron chi connectivity index (χ0n) is 30.4. The molecule has 0 unspecified atom stereocenters. The van der Waals surface area contributed by atoms with Gasteiger partial charge in [0.2, 0.25) is 5.96 Å². The molecule has 0 saturated carbocycles. The van der Waals surface area contributed by atoms with Crippen LogP contribution in [0.4, 0.5) is 0 Å². The van der Waals surface area contributed by atoms with Crippen LogP contribution in [-0.2, 0) is 0 Å². The quantitative estimate of drug-likeness (QED) is 0.140. The predicted octanol–water partition coefficient (Wildman–Crippen LogP) is 13.3. The summed E-state index contributed by atoms with van der Waals surface area (Å²) in [5.41, 5.74) is 10.4. The van der Waals surface area contributed by atoms with E-state index in [-0.39, 0.29) is 5.96 Å². The Morgan fingerprint density at radius 2 is 1.16 bits per heavy atom. The molecule has 0 spiro atoms. The Morgan fingerprint density at radius 1 is 0.500 bits per heavy atom. The maximum absolute atomic E-state index is 9.63. The van der Waals surface area contributed by atoms with Crippen molar-refractivity contribution in [1.29, 1.82) is 5.41 Å². The summed E-state index contributed by atoms with van der Waals surface area (Å²) < 4.78 is 4.39. The molecule has 11 rings (SSSR count). The SMILES string of the molecule is N=C(N=C1C=CC=C/C1=C\c1cccc2ccccc12)n1c2ccccc2c2ccc(-c3cc4c(c5ccccc35)c3ccccc3n4-c3ccccc3)cc21. The molecule has 2 aromatic heterocycles. The minimum atomic E-state index is 0.164. The minimum Gasteiger partial charge on any atom is -0.309 e. The van der Waals surface area contributed by atoms with Crippen molar-refractivity contribution >= 4 is 82.9 Å². The number of nitrogens with zero attached hydrogens (tertiary/aromatic N) is 3. The zero-order valence-corrected chi connectivity index (χ0v) is 30.4. The number of aliphatic imine (C=N–C) groups is 1. The van der Waals surface area contributed by atoms with Crippen molar-refractivity contribution in [2.75, 3.05) is 0 Å². The van der Waals surface area contributed by atoms with Gasteiger partial charge in [0.1, 0.15) is 0 Å². The van der Waals surface area contributed by atoms with Gasteiger partial charge >= 0.3 is 0 Å². The molecule has 0 fully saturated rings. The van der Waals surface area contributed by atoms with Crippen LogP contribution >= 0.6 is 0 Å². The van der Waals surface area contributed by atoms with Crippen molar-refractivity contribution in [1.82, 2.24) is 9.13 Å². The first-order valence-electron chi connectivity index (χ1n) is 19.0. The van der Waals surface area contributed by atoms with Gasteiger partial charge in [-0.3, -0.25) is 9.98 Å². The number of aromatic nitrogens is 2. The van der Waals surface area contributed by atoms with Crippen LogP contribution in [0.3, 0.4) is 0 Å². The Labute approximate surface area is 323 Å². The van der Waals surface area contributed by atoms with Crippen molar-refractivity contribution < 1.29 is 0 Å². The third kappa shape index (κ3) is 5.00. The van der Waals surface area contributed by atoms with E-state index in [0.717, 1.165) is 61.0 Å². The molecule has 0 radical (unpaired) electrons. The van der Waals surface area contributed by atoms with Crippen LogP contribution in [0.25, 0.3) is 88.0 Å². The summed E-state index contributed by atoms with van der Waals surface area (Å²) in [6.07, 6.45) is 10.3. The summed E-state index contributed by atoms with van der Waals surface area (Å²) in [6.45, 7) is 0. The van der Waals surface area contributed by atoms with Gasteiger partial charge in [0, 0.05) is 32.8 Å². The van der Waals surface area contributed by atoms with Crippen LogP contribution in [0, 0.1) is 5.41 Å². The lowest BCUT2D eigenvalue weighted by Crippen LogP contribution is -2.12. The summed E-state index contributed by atoms with van der Waals surface area (Å²) in [4.78, 5) is 5.05. The van der Waals surface area contributed by atoms with Gasteiger partial charge in [0.15, 0.2) is 0 Å². The standard InChI is InChI=1S/C52H34N4/c53-52(54-46-26-11-5-16-37(46)31-35-18-14-17-34-15-4-6-21-39(34)35)56-47-27-12-9-23-41(47)42-30-29-36(32-49(42)56)45-33-50-51(43-24-8-7-22-40(43)45)44-25-10-13-28-48(44)55(50)38-19-2-1-3-20-38/h1-33,53H/b37-31+,53-52?,54-46?. The lowest BCUT2D eigenvalue weighted by molar-refractivity contribution is 1.18. The molecular weight excluding hydrogens is 681 g/mol. The number of allylic oxidation sites excluding steroid dienone is 5. The number of hydrogen-bond donors (Lipinski definition) is 1. The summed E-state index contributed by atoms with van der Waals surface area (Å²) in [7, 11) is 0. The molecule has 8 aromatic carbocycles. The molecule has 2 heterocycles. The highest BCUT2D eigenvalue weighted by molar-refractivity contribution is 6.25. The Balaban J connectivity index is 1.12. The maximum atomic E-state index is 9.63. The fraction of sp³-hybridized carbons (Fsp3) is 0. The van der Waals surface area contributed by atoms with Gasteiger partial charge in [0.05, 0.1) is 27.8 Å². The second-order valence-corrected chi connectivity index (χ2v) is 14.3. The van der Waals surface area contributed by atoms with Crippen molar-refractivity contribution in [3.8, 4) is 16.8 Å². The number of fused-ring (bicyclic) bond motifs is 9. The molecule has 0 saturated heterocycles. The molecule has 4 heteroatoms. The third-order valence-corrected chi connectivity index (χ3v) is 11.2. The van der Waals surface area contributed by atoms with E-state index in [4.69, 9.17) is 4.99 Å². The molecule has 4 nitrogen and oxygen atoms in total. The van der Waals surface area contributed by atoms with Crippen LogP contribution in [-0.4, -0.2) is 20.8 Å². The molecule has 1 aliphatic carbocycles. The molecule has 1 aliphatic rings. The van der Waals surface area contributed by atoms with E-state index in [1.54, 1.807) is 0 Å². The molecule has 10 aromatic rings. The van der Waals surface area contributed by atoms with Crippen LogP contribution in [0.2, 0.25) is 0 Å². The lowest BCUT2D eigenvalue weighted by atomic mass is 9.94. The largest absolute Gasteiger partial charge is 0.309 e. The first kappa shape index (κ1) is 31.9. The van der Waals surface area contributed by atoms with Gasteiger partial charge in [-0.2, -0.15) is 0 Å². The molecule has 262 valence electrons. The first-order chi connectivity index (χ1) is 27.7. The number of benzene rings is 8. The molecule has 0 atom stereocenters. The minimum absolute atomic E-state index is 0.164. The smallest absolute Gasteiger partial charge is 0.227 e. The van der Waals surface area contributed by atoms with Gasteiger partial charge < -0.3 is 4.57 Å². The summed E-state index contributed by atoms with van der Waals surface area (Å²) in [5, 5.41) is 19.1. The van der Waals surface area contributed by atoms with Crippen molar-refractivity contribution in [3.05, 3.63) is 205 Å². The topological polar surface area (TPSA) is 46.1 Å². The number of rotatable bonds is 3. The average molecular weight is 715 g/mol. The molecule has 0 aliphatic heterocycles. The predicted molar refractivity (Wildman–Crippen MR) is 237 cm³/mol. The fourth-order valence-corrected chi connectivity index (χ4v) is 8.71. The average Bonchev–Trinajstić information content (AvgIpc) is 3.77. The molecule has 0 amide bonds. The highest BCUT2D eigenvalue weighted by atomic mass is 15.1. The lowest BCUT2D eigenvalue weighted by Gasteiger charge is -2.13. The monoisotopic (exact) mass is 714 g/mol. The maximum Gasteiger partial charge on any atom is 0.227 e. The highest BCUT2D eigenvalue weighted by Crippen LogP contribution is 2.42. The zero-order chi connectivity index (χ0) is 37.2. The summed E-state index contributed by atoms with van der Waals surface area (Å²) in [6, 6.07) is 60.3. The van der Waals surface area contributed by atoms with Crippen LogP contribution < -0.4 is 0 Å². The van der Waals surface area contributed by atoms with Gasteiger partial charge in [-0.15, -0.1) is 0 Å². The Morgan fingerprint density at radius 3 is 2.02 bits per heavy atom. The molecule has 0 bridgehead atoms. The Bertz CT molecular complexity index is 3360. The van der Waals surface area contributed by atoms with Crippen molar-refractivity contribution in [2.24, 2.45) is 4.99 Å². The van der Waals surface area contributed by atoms with Gasteiger partial charge in [-0.25, -0.2) is 4.99 Å². The van der Waals surface area contributed by atoms with Crippen molar-refractivity contribution in [3.63, 3.8) is 0 Å². The second kappa shape index (κ2) is 12.8. The number of hydrogen-bond acceptors (Lipinski definition) is 1. The van der Waals surface area contributed by atoms with E-state index < -0.39 is 0 Å².